The third kappa shape index (κ3) is 3.12. The van der Waals surface area contributed by atoms with Crippen LogP contribution >= 0.6 is 0 Å². The van der Waals surface area contributed by atoms with Crippen LogP contribution < -0.4 is 16.0 Å². The van der Waals surface area contributed by atoms with Crippen molar-refractivity contribution in [2.45, 2.75) is 19.4 Å². The van der Waals surface area contributed by atoms with E-state index < -0.39 is 6.09 Å². The van der Waals surface area contributed by atoms with Gasteiger partial charge in [-0.2, -0.15) is 5.10 Å². The van der Waals surface area contributed by atoms with Crippen molar-refractivity contribution >= 4 is 17.6 Å². The molecule has 3 heterocycles. The molecule has 1 aliphatic rings. The Labute approximate surface area is 140 Å². The van der Waals surface area contributed by atoms with E-state index in [0.717, 1.165) is 35.6 Å². The van der Waals surface area contributed by atoms with E-state index in [2.05, 4.69) is 20.3 Å². The molecule has 0 saturated carbocycles. The first-order valence-corrected chi connectivity index (χ1v) is 7.87. The van der Waals surface area contributed by atoms with Crippen LogP contribution in [0.4, 0.5) is 16.3 Å². The fourth-order valence-corrected chi connectivity index (χ4v) is 2.88. The Balaban J connectivity index is 1.82. The second kappa shape index (κ2) is 6.38. The number of nitrogens with one attached hydrogen (secondary N) is 1. The van der Waals surface area contributed by atoms with E-state index in [1.54, 1.807) is 13.2 Å². The van der Waals surface area contributed by atoms with Crippen molar-refractivity contribution in [1.29, 1.82) is 0 Å². The normalized spacial score (nSPS) is 17.1. The molecule has 3 rings (SSSR count). The molecule has 0 aliphatic carbocycles. The zero-order chi connectivity index (χ0) is 17.3. The van der Waals surface area contributed by atoms with E-state index >= 15 is 0 Å². The molecule has 1 saturated heterocycles. The average Bonchev–Trinajstić information content (AvgIpc) is 3.14. The second-order valence-corrected chi connectivity index (χ2v) is 5.91. The Morgan fingerprint density at radius 2 is 2.25 bits per heavy atom. The third-order valence-corrected chi connectivity index (χ3v) is 4.33. The summed E-state index contributed by atoms with van der Waals surface area (Å²) in [5, 5.41) is 6.74. The molecule has 1 aliphatic heterocycles. The molecule has 24 heavy (non-hydrogen) atoms. The number of anilines is 2. The van der Waals surface area contributed by atoms with Gasteiger partial charge in [0, 0.05) is 50.1 Å². The van der Waals surface area contributed by atoms with Gasteiger partial charge in [0.1, 0.15) is 11.9 Å². The molecule has 0 unspecified atom stereocenters. The number of nitrogens with two attached hydrogens (primary N) is 1. The van der Waals surface area contributed by atoms with Crippen LogP contribution in [-0.4, -0.2) is 47.1 Å². The quantitative estimate of drug-likeness (QED) is 0.880. The van der Waals surface area contributed by atoms with Gasteiger partial charge in [0.2, 0.25) is 0 Å². The number of hydrogen-bond acceptors (Lipinski definition) is 6. The van der Waals surface area contributed by atoms with Gasteiger partial charge in [0.05, 0.1) is 18.4 Å². The molecule has 0 aromatic carbocycles. The lowest BCUT2D eigenvalue weighted by Crippen LogP contribution is -2.28. The molecule has 1 fully saturated rings. The summed E-state index contributed by atoms with van der Waals surface area (Å²) < 4.78 is 7.14. The van der Waals surface area contributed by atoms with Gasteiger partial charge in [-0.15, -0.1) is 0 Å². The van der Waals surface area contributed by atoms with Crippen LogP contribution in [0, 0.1) is 6.92 Å². The number of aryl methyl sites for hydroxylation is 1. The lowest BCUT2D eigenvalue weighted by atomic mass is 10.1. The summed E-state index contributed by atoms with van der Waals surface area (Å²) in [5.74, 6) is 0.460. The van der Waals surface area contributed by atoms with Crippen molar-refractivity contribution < 1.29 is 9.53 Å². The van der Waals surface area contributed by atoms with Gasteiger partial charge < -0.3 is 20.7 Å². The maximum absolute atomic E-state index is 11.4. The highest BCUT2D eigenvalue weighted by Gasteiger charge is 2.26. The Hall–Kier alpha value is -2.77. The van der Waals surface area contributed by atoms with E-state index in [1.165, 1.54) is 0 Å². The van der Waals surface area contributed by atoms with Gasteiger partial charge in [-0.05, 0) is 13.0 Å². The second-order valence-electron chi connectivity index (χ2n) is 5.91. The van der Waals surface area contributed by atoms with E-state index in [-0.39, 0.29) is 6.10 Å². The number of carbonyl (C=O) groups excluding carboxylic acids is 1. The topological polar surface area (TPSA) is 98.3 Å². The van der Waals surface area contributed by atoms with Crippen molar-refractivity contribution in [1.82, 2.24) is 20.1 Å². The highest BCUT2D eigenvalue weighted by atomic mass is 16.6. The summed E-state index contributed by atoms with van der Waals surface area (Å²) in [6.07, 6.45) is 2.06. The molecule has 0 spiro atoms. The molecule has 0 radical (unpaired) electrons. The first-order chi connectivity index (χ1) is 11.5. The molecule has 0 bridgehead atoms. The van der Waals surface area contributed by atoms with Gasteiger partial charge >= 0.3 is 6.09 Å². The van der Waals surface area contributed by atoms with Crippen LogP contribution in [0.15, 0.2) is 18.3 Å². The highest BCUT2D eigenvalue weighted by Crippen LogP contribution is 2.29. The van der Waals surface area contributed by atoms with Gasteiger partial charge in [0.15, 0.2) is 0 Å². The Morgan fingerprint density at radius 3 is 2.92 bits per heavy atom. The lowest BCUT2D eigenvalue weighted by molar-refractivity contribution is 0.110. The van der Waals surface area contributed by atoms with Crippen LogP contribution in [-0.2, 0) is 11.8 Å². The highest BCUT2D eigenvalue weighted by molar-refractivity contribution is 5.70. The summed E-state index contributed by atoms with van der Waals surface area (Å²) in [5.41, 5.74) is 9.76. The third-order valence-electron chi connectivity index (χ3n) is 4.33. The van der Waals surface area contributed by atoms with E-state index in [1.807, 2.05) is 30.8 Å². The Morgan fingerprint density at radius 1 is 1.46 bits per heavy atom. The largest absolute Gasteiger partial charge is 0.444 e. The minimum absolute atomic E-state index is 0.122. The zero-order valence-electron chi connectivity index (χ0n) is 14.1. The van der Waals surface area contributed by atoms with Crippen LogP contribution in [0.5, 0.6) is 0 Å². The number of ether oxygens (including phenoxy) is 1. The predicted molar refractivity (Wildman–Crippen MR) is 91.7 cm³/mol. The minimum atomic E-state index is -0.400. The molecule has 3 N–H and O–H groups in total. The molecule has 8 heteroatoms. The molecule has 128 valence electrons. The number of aromatic nitrogens is 3. The number of rotatable bonds is 3. The predicted octanol–water partition coefficient (Wildman–Crippen LogP) is 1.31. The van der Waals surface area contributed by atoms with Gasteiger partial charge in [0.25, 0.3) is 0 Å². The van der Waals surface area contributed by atoms with E-state index in [9.17, 15) is 4.79 Å². The fraction of sp³-hybridized carbons (Fsp3) is 0.438. The van der Waals surface area contributed by atoms with E-state index in [4.69, 9.17) is 10.5 Å². The maximum atomic E-state index is 11.4. The first kappa shape index (κ1) is 16.1. The maximum Gasteiger partial charge on any atom is 0.407 e. The standard InChI is InChI=1S/C16H22N6O2/c1-10-13(8-19-21(10)3)14-6-11(7-15(17)20-14)22-5-4-12(9-22)24-16(23)18-2/h6-8,12H,4-5,9H2,1-3H3,(H2,17,20)(H,18,23)/t12-/m1/s1. The summed E-state index contributed by atoms with van der Waals surface area (Å²) in [4.78, 5) is 17.9. The number of hydrogen-bond donors (Lipinski definition) is 2. The Kier molecular flexibility index (Phi) is 4.28. The molecule has 8 nitrogen and oxygen atoms in total. The molecule has 1 atom stereocenters. The molecule has 2 aromatic rings. The van der Waals surface area contributed by atoms with E-state index in [0.29, 0.717) is 12.4 Å². The number of nitrogen functional groups attached to an aromatic ring is 1. The number of amides is 1. The summed E-state index contributed by atoms with van der Waals surface area (Å²) in [6, 6.07) is 3.85. The van der Waals surface area contributed by atoms with Crippen molar-refractivity contribution in [2.24, 2.45) is 7.05 Å². The van der Waals surface area contributed by atoms with Crippen LogP contribution in [0.3, 0.4) is 0 Å². The number of nitrogens with zero attached hydrogens (tertiary/aromatic N) is 4. The monoisotopic (exact) mass is 330 g/mol. The smallest absolute Gasteiger partial charge is 0.407 e. The molecular weight excluding hydrogens is 308 g/mol. The summed E-state index contributed by atoms with van der Waals surface area (Å²) in [7, 11) is 3.45. The van der Waals surface area contributed by atoms with Crippen molar-refractivity contribution in [3.63, 3.8) is 0 Å². The van der Waals surface area contributed by atoms with Crippen molar-refractivity contribution in [2.75, 3.05) is 30.8 Å². The number of pyridine rings is 1. The Bertz CT molecular complexity index is 757. The van der Waals surface area contributed by atoms with Gasteiger partial charge in [-0.25, -0.2) is 9.78 Å². The van der Waals surface area contributed by atoms with Crippen LogP contribution in [0.25, 0.3) is 11.3 Å². The van der Waals surface area contributed by atoms with Crippen molar-refractivity contribution in [3.8, 4) is 11.3 Å². The molecule has 2 aromatic heterocycles. The van der Waals surface area contributed by atoms with Crippen LogP contribution in [0.2, 0.25) is 0 Å². The lowest BCUT2D eigenvalue weighted by Gasteiger charge is -2.19. The van der Waals surface area contributed by atoms with Gasteiger partial charge in [-0.3, -0.25) is 4.68 Å². The molecule has 1 amide bonds. The summed E-state index contributed by atoms with van der Waals surface area (Å²) in [6.45, 7) is 3.44. The molecular formula is C16H22N6O2. The van der Waals surface area contributed by atoms with Crippen LogP contribution in [0.1, 0.15) is 12.1 Å². The SMILES string of the molecule is CNC(=O)O[C@@H]1CCN(c2cc(N)nc(-c3cnn(C)c3C)c2)C1. The zero-order valence-corrected chi connectivity index (χ0v) is 14.1. The van der Waals surface area contributed by atoms with Gasteiger partial charge in [-0.1, -0.05) is 0 Å². The minimum Gasteiger partial charge on any atom is -0.444 e. The first-order valence-electron chi connectivity index (χ1n) is 7.87. The van der Waals surface area contributed by atoms with Crippen molar-refractivity contribution in [3.05, 3.63) is 24.0 Å². The fourth-order valence-electron chi connectivity index (χ4n) is 2.88. The number of carbonyl (C=O) groups is 1. The average molecular weight is 330 g/mol. The summed E-state index contributed by atoms with van der Waals surface area (Å²) >= 11 is 0. The number of alkyl carbamates (subject to hydrolysis) is 1.